The first-order valence-electron chi connectivity index (χ1n) is 8.56. The predicted molar refractivity (Wildman–Crippen MR) is 97.2 cm³/mol. The van der Waals surface area contributed by atoms with Gasteiger partial charge < -0.3 is 10.2 Å². The van der Waals surface area contributed by atoms with E-state index in [1.165, 1.54) is 12.5 Å². The van der Waals surface area contributed by atoms with E-state index in [-0.39, 0.29) is 11.8 Å². The summed E-state index contributed by atoms with van der Waals surface area (Å²) in [5.74, 6) is -0.182. The monoisotopic (exact) mass is 337 g/mol. The number of hydrogen-bond donors (Lipinski definition) is 1. The van der Waals surface area contributed by atoms with Crippen molar-refractivity contribution in [2.75, 3.05) is 11.9 Å². The van der Waals surface area contributed by atoms with Crippen LogP contribution in [0.5, 0.6) is 0 Å². The zero-order valence-corrected chi connectivity index (χ0v) is 14.8. The van der Waals surface area contributed by atoms with Gasteiger partial charge in [0.05, 0.1) is 11.6 Å². The van der Waals surface area contributed by atoms with E-state index in [4.69, 9.17) is 0 Å². The molecule has 5 nitrogen and oxygen atoms in total. The zero-order chi connectivity index (χ0) is 18.0. The maximum Gasteiger partial charge on any atom is 0.235 e. The zero-order valence-electron chi connectivity index (χ0n) is 14.8. The third-order valence-electron chi connectivity index (χ3n) is 4.63. The predicted octanol–water partition coefficient (Wildman–Crippen LogP) is 3.29. The molecule has 130 valence electrons. The Hall–Kier alpha value is -2.69. The van der Waals surface area contributed by atoms with Gasteiger partial charge in [0.15, 0.2) is 0 Å². The largest absolute Gasteiger partial charge is 0.337 e. The van der Waals surface area contributed by atoms with Gasteiger partial charge in [-0.25, -0.2) is 0 Å². The molecule has 2 aromatic rings. The van der Waals surface area contributed by atoms with Gasteiger partial charge in [-0.2, -0.15) is 0 Å². The van der Waals surface area contributed by atoms with Gasteiger partial charge in [-0.3, -0.25) is 14.6 Å². The fourth-order valence-electron chi connectivity index (χ4n) is 3.10. The number of hydrogen-bond acceptors (Lipinski definition) is 3. The lowest BCUT2D eigenvalue weighted by molar-refractivity contribution is -0.131. The first kappa shape index (κ1) is 17.1. The van der Waals surface area contributed by atoms with Gasteiger partial charge >= 0.3 is 0 Å². The van der Waals surface area contributed by atoms with Gasteiger partial charge in [0.25, 0.3) is 0 Å². The van der Waals surface area contributed by atoms with E-state index in [2.05, 4.69) is 24.1 Å². The first-order valence-corrected chi connectivity index (χ1v) is 8.56. The highest BCUT2D eigenvalue weighted by atomic mass is 16.2. The standard InChI is InChI=1S/C20H23N3O2/c1-13(2)15-6-8-17(9-7-15)22-20(25)18-12-23(14(3)24)11-16-5-4-10-21-19(16)18/h4-10,13,18H,11-12H2,1-3H3,(H,22,25). The number of nitrogens with zero attached hydrogens (tertiary/aromatic N) is 2. The van der Waals surface area contributed by atoms with Gasteiger partial charge in [-0.1, -0.05) is 32.0 Å². The van der Waals surface area contributed by atoms with Crippen molar-refractivity contribution < 1.29 is 9.59 Å². The quantitative estimate of drug-likeness (QED) is 0.935. The summed E-state index contributed by atoms with van der Waals surface area (Å²) < 4.78 is 0. The van der Waals surface area contributed by atoms with Gasteiger partial charge in [0, 0.05) is 31.9 Å². The van der Waals surface area contributed by atoms with Crippen molar-refractivity contribution in [1.82, 2.24) is 9.88 Å². The van der Waals surface area contributed by atoms with Crippen molar-refractivity contribution in [1.29, 1.82) is 0 Å². The topological polar surface area (TPSA) is 62.3 Å². The third-order valence-corrected chi connectivity index (χ3v) is 4.63. The second kappa shape index (κ2) is 7.05. The molecule has 1 aromatic heterocycles. The number of amides is 2. The van der Waals surface area contributed by atoms with Crippen molar-refractivity contribution >= 4 is 17.5 Å². The summed E-state index contributed by atoms with van der Waals surface area (Å²) in [6.45, 7) is 6.66. The molecule has 0 radical (unpaired) electrons. The van der Waals surface area contributed by atoms with Crippen LogP contribution >= 0.6 is 0 Å². The van der Waals surface area contributed by atoms with Crippen LogP contribution in [0.2, 0.25) is 0 Å². The van der Waals surface area contributed by atoms with E-state index in [1.54, 1.807) is 11.1 Å². The van der Waals surface area contributed by atoms with E-state index in [0.29, 0.717) is 19.0 Å². The van der Waals surface area contributed by atoms with Crippen LogP contribution in [0.15, 0.2) is 42.6 Å². The molecule has 0 aliphatic carbocycles. The van der Waals surface area contributed by atoms with Crippen molar-refractivity contribution in [2.24, 2.45) is 0 Å². The molecule has 0 bridgehead atoms. The maximum atomic E-state index is 12.8. The van der Waals surface area contributed by atoms with E-state index < -0.39 is 5.92 Å². The lowest BCUT2D eigenvalue weighted by atomic mass is 9.93. The second-order valence-electron chi connectivity index (χ2n) is 6.77. The van der Waals surface area contributed by atoms with Crippen LogP contribution in [-0.2, 0) is 16.1 Å². The van der Waals surface area contributed by atoms with Crippen LogP contribution in [0, 0.1) is 0 Å². The Morgan fingerprint density at radius 1 is 1.20 bits per heavy atom. The number of nitrogens with one attached hydrogen (secondary N) is 1. The SMILES string of the molecule is CC(=O)N1Cc2cccnc2C(C(=O)Nc2ccc(C(C)C)cc2)C1. The summed E-state index contributed by atoms with van der Waals surface area (Å²) in [6.07, 6.45) is 1.69. The van der Waals surface area contributed by atoms with E-state index >= 15 is 0 Å². The van der Waals surface area contributed by atoms with E-state index in [9.17, 15) is 9.59 Å². The molecule has 5 heteroatoms. The minimum atomic E-state index is -0.460. The maximum absolute atomic E-state index is 12.8. The van der Waals surface area contributed by atoms with Crippen LogP contribution in [0.4, 0.5) is 5.69 Å². The average Bonchev–Trinajstić information content (AvgIpc) is 2.61. The van der Waals surface area contributed by atoms with E-state index in [1.807, 2.05) is 36.4 Å². The average molecular weight is 337 g/mol. The number of rotatable bonds is 3. The number of aromatic nitrogens is 1. The summed E-state index contributed by atoms with van der Waals surface area (Å²) in [6, 6.07) is 11.6. The molecule has 1 atom stereocenters. The van der Waals surface area contributed by atoms with Gasteiger partial charge in [-0.05, 0) is 35.2 Å². The Kier molecular flexibility index (Phi) is 4.83. The number of pyridine rings is 1. The minimum absolute atomic E-state index is 0.0337. The van der Waals surface area contributed by atoms with E-state index in [0.717, 1.165) is 16.9 Å². The summed E-state index contributed by atoms with van der Waals surface area (Å²) in [7, 11) is 0. The molecule has 1 aliphatic heterocycles. The first-order chi connectivity index (χ1) is 12.0. The van der Waals surface area contributed by atoms with Gasteiger partial charge in [-0.15, -0.1) is 0 Å². The smallest absolute Gasteiger partial charge is 0.235 e. The third kappa shape index (κ3) is 3.71. The molecule has 1 aliphatic rings. The number of anilines is 1. The number of carbonyl (C=O) groups is 2. The highest BCUT2D eigenvalue weighted by molar-refractivity contribution is 5.96. The van der Waals surface area contributed by atoms with Crippen LogP contribution in [0.3, 0.4) is 0 Å². The summed E-state index contributed by atoms with van der Waals surface area (Å²) >= 11 is 0. The lowest BCUT2D eigenvalue weighted by Crippen LogP contribution is -2.41. The van der Waals surface area contributed by atoms with Crippen LogP contribution in [-0.4, -0.2) is 28.2 Å². The molecule has 1 unspecified atom stereocenters. The van der Waals surface area contributed by atoms with Crippen molar-refractivity contribution in [3.8, 4) is 0 Å². The summed E-state index contributed by atoms with van der Waals surface area (Å²) in [5.41, 5.74) is 3.67. The van der Waals surface area contributed by atoms with Gasteiger partial charge in [0.1, 0.15) is 0 Å². The molecule has 0 saturated carbocycles. The molecule has 25 heavy (non-hydrogen) atoms. The Labute approximate surface area is 148 Å². The van der Waals surface area contributed by atoms with Gasteiger partial charge in [0.2, 0.25) is 11.8 Å². The highest BCUT2D eigenvalue weighted by Crippen LogP contribution is 2.28. The Morgan fingerprint density at radius 3 is 2.56 bits per heavy atom. The van der Waals surface area contributed by atoms with Crippen molar-refractivity contribution in [3.63, 3.8) is 0 Å². The Morgan fingerprint density at radius 2 is 1.92 bits per heavy atom. The van der Waals surface area contributed by atoms with Crippen LogP contribution in [0.1, 0.15) is 49.4 Å². The molecule has 0 fully saturated rings. The fourth-order valence-corrected chi connectivity index (χ4v) is 3.10. The molecule has 3 rings (SSSR count). The molecule has 2 amide bonds. The molecule has 2 heterocycles. The second-order valence-corrected chi connectivity index (χ2v) is 6.77. The van der Waals surface area contributed by atoms with Crippen LogP contribution < -0.4 is 5.32 Å². The number of carbonyl (C=O) groups excluding carboxylic acids is 2. The molecule has 0 spiro atoms. The summed E-state index contributed by atoms with van der Waals surface area (Å²) in [4.78, 5) is 30.7. The molecular formula is C20H23N3O2. The summed E-state index contributed by atoms with van der Waals surface area (Å²) in [5, 5.41) is 2.96. The van der Waals surface area contributed by atoms with Crippen LogP contribution in [0.25, 0.3) is 0 Å². The fraction of sp³-hybridized carbons (Fsp3) is 0.350. The Bertz CT molecular complexity index is 784. The van der Waals surface area contributed by atoms with Crippen molar-refractivity contribution in [3.05, 3.63) is 59.4 Å². The normalized spacial score (nSPS) is 16.5. The molecular weight excluding hydrogens is 314 g/mol. The molecule has 0 saturated heterocycles. The lowest BCUT2D eigenvalue weighted by Gasteiger charge is -2.32. The highest BCUT2D eigenvalue weighted by Gasteiger charge is 2.32. The molecule has 1 N–H and O–H groups in total. The molecule has 1 aromatic carbocycles. The minimum Gasteiger partial charge on any atom is -0.337 e. The number of fused-ring (bicyclic) bond motifs is 1. The Balaban J connectivity index is 1.82. The number of benzene rings is 1. The van der Waals surface area contributed by atoms with Crippen molar-refractivity contribution in [2.45, 2.75) is 39.2 Å².